The normalized spacial score (nSPS) is 30.6. The van der Waals surface area contributed by atoms with Gasteiger partial charge in [0.2, 0.25) is 0 Å². The fourth-order valence-corrected chi connectivity index (χ4v) is 4.01. The van der Waals surface area contributed by atoms with Crippen LogP contribution in [0.15, 0.2) is 0 Å². The van der Waals surface area contributed by atoms with Gasteiger partial charge in [0.05, 0.1) is 0 Å². The molecule has 0 radical (unpaired) electrons. The Morgan fingerprint density at radius 2 is 2.22 bits per heavy atom. The van der Waals surface area contributed by atoms with Gasteiger partial charge in [-0.2, -0.15) is 0 Å². The summed E-state index contributed by atoms with van der Waals surface area (Å²) in [5, 5.41) is 0. The zero-order valence-electron chi connectivity index (χ0n) is 5.78. The molecule has 2 heteroatoms. The maximum atomic E-state index is 5.58. The number of halogens is 1. The van der Waals surface area contributed by atoms with Crippen molar-refractivity contribution in [1.82, 2.24) is 0 Å². The van der Waals surface area contributed by atoms with E-state index in [1.165, 1.54) is 23.7 Å². The zero-order chi connectivity index (χ0) is 6.53. The van der Waals surface area contributed by atoms with Gasteiger partial charge in [-0.1, -0.05) is 0 Å². The van der Waals surface area contributed by atoms with Gasteiger partial charge in [-0.3, -0.25) is 0 Å². The first-order valence-corrected chi connectivity index (χ1v) is 6.72. The van der Waals surface area contributed by atoms with E-state index in [-0.39, 0.29) is 0 Å². The number of hydrogen-bond donors (Lipinski definition) is 1. The summed E-state index contributed by atoms with van der Waals surface area (Å²) >= 11 is 0.598. The second-order valence-corrected chi connectivity index (χ2v) is 5.84. The summed E-state index contributed by atoms with van der Waals surface area (Å²) in [7, 11) is 0. The van der Waals surface area contributed by atoms with Gasteiger partial charge in [0.15, 0.2) is 0 Å². The van der Waals surface area contributed by atoms with Gasteiger partial charge in [0.25, 0.3) is 0 Å². The van der Waals surface area contributed by atoms with E-state index in [1.807, 2.05) is 0 Å². The molecule has 9 heavy (non-hydrogen) atoms. The van der Waals surface area contributed by atoms with Crippen LogP contribution in [0.2, 0.25) is 0 Å². The maximum absolute atomic E-state index is 5.58. The summed E-state index contributed by atoms with van der Waals surface area (Å²) in [6.45, 7) is 0.934. The Hall–Kier alpha value is 0.690. The molecule has 0 amide bonds. The summed E-state index contributed by atoms with van der Waals surface area (Å²) in [5.41, 5.74) is 5.58. The Morgan fingerprint density at radius 3 is 3.00 bits per heavy atom. The summed E-state index contributed by atoms with van der Waals surface area (Å²) in [6, 6.07) is 0. The third-order valence-corrected chi connectivity index (χ3v) is 4.78. The quantitative estimate of drug-likeness (QED) is 0.410. The Balaban J connectivity index is 2.18. The molecular weight excluding hydrogens is 225 g/mol. The van der Waals surface area contributed by atoms with E-state index in [4.69, 9.17) is 5.73 Å². The zero-order valence-corrected chi connectivity index (χ0v) is 7.93. The molecule has 1 aliphatic rings. The van der Waals surface area contributed by atoms with E-state index >= 15 is 0 Å². The van der Waals surface area contributed by atoms with Crippen LogP contribution in [0.1, 0.15) is 19.3 Å². The van der Waals surface area contributed by atoms with Crippen molar-refractivity contribution < 1.29 is 21.2 Å². The molecule has 0 bridgehead atoms. The number of hydrogen-bond acceptors (Lipinski definition) is 1. The fourth-order valence-electron chi connectivity index (χ4n) is 1.17. The molecular formula is C7H15IN-. The van der Waals surface area contributed by atoms with E-state index < -0.39 is 0 Å². The van der Waals surface area contributed by atoms with E-state index in [9.17, 15) is 0 Å². The van der Waals surface area contributed by atoms with Crippen LogP contribution in [-0.4, -0.2) is 15.4 Å². The van der Waals surface area contributed by atoms with Crippen LogP contribution in [0.4, 0.5) is 0 Å². The van der Waals surface area contributed by atoms with Crippen LogP contribution in [-0.2, 0) is 0 Å². The van der Waals surface area contributed by atoms with Crippen LogP contribution >= 0.6 is 0 Å². The second-order valence-electron chi connectivity index (χ2n) is 2.60. The average molecular weight is 240 g/mol. The Morgan fingerprint density at radius 1 is 1.33 bits per heavy atom. The summed E-state index contributed by atoms with van der Waals surface area (Å²) in [5.74, 6) is 0.882. The molecule has 1 fully saturated rings. The molecule has 1 saturated heterocycles. The van der Waals surface area contributed by atoms with Gasteiger partial charge in [-0.25, -0.2) is 0 Å². The minimum atomic E-state index is 0.598. The molecule has 1 heterocycles. The third-order valence-electron chi connectivity index (χ3n) is 1.86. The third kappa shape index (κ3) is 2.85. The van der Waals surface area contributed by atoms with Gasteiger partial charge < -0.3 is 0 Å². The summed E-state index contributed by atoms with van der Waals surface area (Å²) in [6.07, 6.45) is 4.31. The number of alkyl halides is 2. The first kappa shape index (κ1) is 7.79. The Kier molecular flexibility index (Phi) is 3.89. The number of rotatable bonds is 1. The second kappa shape index (κ2) is 4.50. The van der Waals surface area contributed by atoms with Gasteiger partial charge in [0.1, 0.15) is 0 Å². The van der Waals surface area contributed by atoms with Gasteiger partial charge in [-0.05, 0) is 0 Å². The molecule has 1 rings (SSSR count). The number of nitrogens with two attached hydrogens (primary N) is 1. The van der Waals surface area contributed by atoms with E-state index in [2.05, 4.69) is 0 Å². The topological polar surface area (TPSA) is 26.0 Å². The molecule has 0 aromatic rings. The molecule has 0 aromatic heterocycles. The Bertz CT molecular complexity index is 67.3. The SMILES string of the molecule is NCC1CCC[I-]CC1. The van der Waals surface area contributed by atoms with Crippen molar-refractivity contribution >= 4 is 0 Å². The molecule has 0 spiro atoms. The van der Waals surface area contributed by atoms with Crippen molar-refractivity contribution in [3.8, 4) is 0 Å². The Labute approximate surface area is 67.6 Å². The van der Waals surface area contributed by atoms with Gasteiger partial charge in [0, 0.05) is 0 Å². The monoisotopic (exact) mass is 240 g/mol. The van der Waals surface area contributed by atoms with Gasteiger partial charge in [-0.15, -0.1) is 0 Å². The molecule has 0 aromatic carbocycles. The molecule has 1 unspecified atom stereocenters. The van der Waals surface area contributed by atoms with Crippen LogP contribution in [0.25, 0.3) is 0 Å². The molecule has 1 nitrogen and oxygen atoms in total. The van der Waals surface area contributed by atoms with Crippen LogP contribution in [0.3, 0.4) is 0 Å². The van der Waals surface area contributed by atoms with Crippen molar-refractivity contribution in [3.63, 3.8) is 0 Å². The molecule has 56 valence electrons. The van der Waals surface area contributed by atoms with E-state index in [0.717, 1.165) is 12.5 Å². The average Bonchev–Trinajstić information content (AvgIpc) is 2.13. The molecule has 0 aliphatic carbocycles. The standard InChI is InChI=1S/C7H15IN/c9-6-7-2-1-4-8-5-3-7/h7H,1-6,9H2/q-1. The van der Waals surface area contributed by atoms with Crippen molar-refractivity contribution in [2.45, 2.75) is 19.3 Å². The summed E-state index contributed by atoms with van der Waals surface area (Å²) in [4.78, 5) is 0. The van der Waals surface area contributed by atoms with E-state index in [0.29, 0.717) is 21.2 Å². The van der Waals surface area contributed by atoms with Gasteiger partial charge >= 0.3 is 67.5 Å². The molecule has 0 saturated carbocycles. The van der Waals surface area contributed by atoms with Crippen molar-refractivity contribution in [1.29, 1.82) is 0 Å². The predicted octanol–water partition coefficient (Wildman–Crippen LogP) is -2.17. The minimum absolute atomic E-state index is 0.598. The van der Waals surface area contributed by atoms with Crippen molar-refractivity contribution in [3.05, 3.63) is 0 Å². The molecule has 2 N–H and O–H groups in total. The molecule has 1 aliphatic heterocycles. The summed E-state index contributed by atoms with van der Waals surface area (Å²) < 4.78 is 3.08. The van der Waals surface area contributed by atoms with Crippen molar-refractivity contribution in [2.75, 3.05) is 15.4 Å². The first-order valence-electron chi connectivity index (χ1n) is 3.67. The van der Waals surface area contributed by atoms with Crippen LogP contribution < -0.4 is 26.9 Å². The predicted molar refractivity (Wildman–Crippen MR) is 36.1 cm³/mol. The fraction of sp³-hybridized carbons (Fsp3) is 1.00. The first-order chi connectivity index (χ1) is 4.43. The van der Waals surface area contributed by atoms with Crippen LogP contribution in [0, 0.1) is 5.92 Å². The van der Waals surface area contributed by atoms with E-state index in [1.54, 1.807) is 4.43 Å². The molecule has 1 atom stereocenters. The van der Waals surface area contributed by atoms with Crippen LogP contribution in [0.5, 0.6) is 0 Å². The van der Waals surface area contributed by atoms with Crippen molar-refractivity contribution in [2.24, 2.45) is 11.7 Å².